The maximum absolute atomic E-state index is 6.02. The van der Waals surface area contributed by atoms with Crippen LogP contribution in [0.15, 0.2) is 47.7 Å². The monoisotopic (exact) mass is 552 g/mol. The minimum atomic E-state index is 0. The highest BCUT2D eigenvalue weighted by Crippen LogP contribution is 2.27. The Morgan fingerprint density at radius 1 is 1.22 bits per heavy atom. The van der Waals surface area contributed by atoms with Crippen LogP contribution in [0.1, 0.15) is 43.0 Å². The van der Waals surface area contributed by atoms with Crippen molar-refractivity contribution >= 4 is 29.9 Å². The predicted molar refractivity (Wildman–Crippen MR) is 139 cm³/mol. The van der Waals surface area contributed by atoms with Crippen molar-refractivity contribution in [2.75, 3.05) is 46.4 Å². The van der Waals surface area contributed by atoms with Crippen LogP contribution in [0.3, 0.4) is 0 Å². The third-order valence-electron chi connectivity index (χ3n) is 6.57. The lowest BCUT2D eigenvalue weighted by Gasteiger charge is -2.39. The fourth-order valence-electron chi connectivity index (χ4n) is 4.64. The van der Waals surface area contributed by atoms with Gasteiger partial charge in [-0.05, 0) is 37.4 Å². The van der Waals surface area contributed by atoms with E-state index in [1.165, 1.54) is 18.4 Å². The van der Waals surface area contributed by atoms with E-state index in [2.05, 4.69) is 62.5 Å². The summed E-state index contributed by atoms with van der Waals surface area (Å²) < 4.78 is 7.84. The van der Waals surface area contributed by atoms with E-state index in [-0.39, 0.29) is 30.1 Å². The summed E-state index contributed by atoms with van der Waals surface area (Å²) in [7, 11) is 3.81. The maximum atomic E-state index is 6.02. The normalized spacial score (nSPS) is 21.8. The number of halogens is 1. The summed E-state index contributed by atoms with van der Waals surface area (Å²) in [5.74, 6) is 1.77. The lowest BCUT2D eigenvalue weighted by atomic mass is 9.95. The molecule has 7 nitrogen and oxygen atoms in total. The van der Waals surface area contributed by atoms with Crippen molar-refractivity contribution in [2.45, 2.75) is 31.9 Å². The van der Waals surface area contributed by atoms with Crippen LogP contribution >= 0.6 is 24.0 Å². The molecule has 0 aliphatic carbocycles. The number of guanidine groups is 1. The number of aromatic nitrogens is 2. The highest BCUT2D eigenvalue weighted by molar-refractivity contribution is 14.0. The van der Waals surface area contributed by atoms with Crippen molar-refractivity contribution in [3.63, 3.8) is 0 Å². The molecule has 2 unspecified atom stereocenters. The van der Waals surface area contributed by atoms with E-state index in [0.29, 0.717) is 12.6 Å². The molecule has 2 aromatic rings. The topological polar surface area (TPSA) is 57.9 Å². The van der Waals surface area contributed by atoms with Gasteiger partial charge in [0.05, 0.1) is 25.4 Å². The molecule has 4 rings (SSSR count). The van der Waals surface area contributed by atoms with Crippen molar-refractivity contribution in [2.24, 2.45) is 18.0 Å². The van der Waals surface area contributed by atoms with E-state index in [1.54, 1.807) is 0 Å². The SMILES string of the molecule is CN=C(NCC(c1ccccc1)N1CCC(C)CC1)N1CCOC(c2cnn(C)c2)C1.I. The molecule has 2 fully saturated rings. The number of aliphatic imine (C=N–C) groups is 1. The molecule has 2 aliphatic rings. The van der Waals surface area contributed by atoms with Crippen molar-refractivity contribution in [3.05, 3.63) is 53.9 Å². The highest BCUT2D eigenvalue weighted by Gasteiger charge is 2.28. The fourth-order valence-corrected chi connectivity index (χ4v) is 4.64. The molecule has 0 spiro atoms. The number of aryl methyl sites for hydroxylation is 1. The number of morpholine rings is 1. The van der Waals surface area contributed by atoms with Crippen LogP contribution in [0.2, 0.25) is 0 Å². The maximum Gasteiger partial charge on any atom is 0.193 e. The molecule has 0 radical (unpaired) electrons. The van der Waals surface area contributed by atoms with Crippen LogP contribution in [0.5, 0.6) is 0 Å². The van der Waals surface area contributed by atoms with Crippen molar-refractivity contribution < 1.29 is 4.74 Å². The third kappa shape index (κ3) is 6.23. The minimum absolute atomic E-state index is 0. The van der Waals surface area contributed by atoms with Crippen LogP contribution in [0.25, 0.3) is 0 Å². The molecule has 0 bridgehead atoms. The third-order valence-corrected chi connectivity index (χ3v) is 6.57. The minimum Gasteiger partial charge on any atom is -0.370 e. The van der Waals surface area contributed by atoms with Gasteiger partial charge >= 0.3 is 0 Å². The second-order valence-electron chi connectivity index (χ2n) is 8.83. The van der Waals surface area contributed by atoms with Crippen LogP contribution in [0.4, 0.5) is 0 Å². The largest absolute Gasteiger partial charge is 0.370 e. The summed E-state index contributed by atoms with van der Waals surface area (Å²) in [6.45, 7) is 7.83. The van der Waals surface area contributed by atoms with E-state index in [4.69, 9.17) is 4.74 Å². The van der Waals surface area contributed by atoms with Gasteiger partial charge in [0.2, 0.25) is 0 Å². The van der Waals surface area contributed by atoms with Gasteiger partial charge in [0.15, 0.2) is 5.96 Å². The first-order chi connectivity index (χ1) is 15.1. The quantitative estimate of drug-likeness (QED) is 0.350. The van der Waals surface area contributed by atoms with Crippen LogP contribution < -0.4 is 5.32 Å². The van der Waals surface area contributed by atoms with Gasteiger partial charge in [-0.2, -0.15) is 5.10 Å². The number of nitrogens with one attached hydrogen (secondary N) is 1. The van der Waals surface area contributed by atoms with Gasteiger partial charge in [-0.25, -0.2) is 0 Å². The molecule has 1 aromatic carbocycles. The Bertz CT molecular complexity index is 849. The van der Waals surface area contributed by atoms with E-state index in [1.807, 2.05) is 31.2 Å². The Morgan fingerprint density at radius 2 is 1.97 bits per heavy atom. The zero-order valence-electron chi connectivity index (χ0n) is 19.5. The summed E-state index contributed by atoms with van der Waals surface area (Å²) in [5, 5.41) is 7.98. The molecule has 32 heavy (non-hydrogen) atoms. The number of nitrogens with zero attached hydrogens (tertiary/aromatic N) is 5. The van der Waals surface area contributed by atoms with Crippen LogP contribution in [-0.2, 0) is 11.8 Å². The Hall–Kier alpha value is -1.65. The van der Waals surface area contributed by atoms with Crippen molar-refractivity contribution in [3.8, 4) is 0 Å². The number of hydrogen-bond acceptors (Lipinski definition) is 4. The van der Waals surface area contributed by atoms with Crippen molar-refractivity contribution in [1.29, 1.82) is 0 Å². The molecule has 2 atom stereocenters. The first-order valence-electron chi connectivity index (χ1n) is 11.5. The second kappa shape index (κ2) is 12.0. The molecule has 8 heteroatoms. The molecular formula is C24H37IN6O. The Kier molecular flexibility index (Phi) is 9.36. The number of ether oxygens (including phenoxy) is 1. The number of benzene rings is 1. The van der Waals surface area contributed by atoms with Gasteiger partial charge in [0.1, 0.15) is 6.10 Å². The lowest BCUT2D eigenvalue weighted by Crippen LogP contribution is -2.50. The van der Waals surface area contributed by atoms with E-state index >= 15 is 0 Å². The standard InChI is InChI=1S/C24H36N6O.HI/c1-19-9-11-29(12-10-19)22(20-7-5-4-6-8-20)16-26-24(25-2)30-13-14-31-23(18-30)21-15-27-28(3)17-21;/h4-8,15,17,19,22-23H,9-14,16,18H2,1-3H3,(H,25,26);1H. The van der Waals surface area contributed by atoms with Crippen LogP contribution in [0, 0.1) is 5.92 Å². The molecule has 1 N–H and O–H groups in total. The zero-order chi connectivity index (χ0) is 21.6. The van der Waals surface area contributed by atoms with Crippen LogP contribution in [-0.4, -0.2) is 71.9 Å². The number of likely N-dealkylation sites (tertiary alicyclic amines) is 1. The Labute approximate surface area is 209 Å². The predicted octanol–water partition coefficient (Wildman–Crippen LogP) is 3.46. The number of piperidine rings is 1. The second-order valence-corrected chi connectivity index (χ2v) is 8.83. The summed E-state index contributed by atoms with van der Waals surface area (Å²) >= 11 is 0. The van der Waals surface area contributed by atoms with Crippen molar-refractivity contribution in [1.82, 2.24) is 24.9 Å². The lowest BCUT2D eigenvalue weighted by molar-refractivity contribution is -0.00817. The van der Waals surface area contributed by atoms with E-state index in [0.717, 1.165) is 50.2 Å². The van der Waals surface area contributed by atoms with Gasteiger partial charge in [-0.3, -0.25) is 14.6 Å². The van der Waals surface area contributed by atoms with Gasteiger partial charge in [0, 0.05) is 38.9 Å². The molecule has 2 saturated heterocycles. The fraction of sp³-hybridized carbons (Fsp3) is 0.583. The average molecular weight is 553 g/mol. The first kappa shape index (κ1) is 25.0. The molecule has 0 amide bonds. The number of hydrogen-bond donors (Lipinski definition) is 1. The summed E-state index contributed by atoms with van der Waals surface area (Å²) in [5.41, 5.74) is 2.49. The van der Waals surface area contributed by atoms with E-state index in [9.17, 15) is 0 Å². The highest BCUT2D eigenvalue weighted by atomic mass is 127. The summed E-state index contributed by atoms with van der Waals surface area (Å²) in [6, 6.07) is 11.2. The van der Waals surface area contributed by atoms with Gasteiger partial charge < -0.3 is 15.0 Å². The Morgan fingerprint density at radius 3 is 2.62 bits per heavy atom. The summed E-state index contributed by atoms with van der Waals surface area (Å²) in [4.78, 5) is 9.54. The van der Waals surface area contributed by atoms with E-state index < -0.39 is 0 Å². The Balaban J connectivity index is 0.00000289. The molecular weight excluding hydrogens is 515 g/mol. The summed E-state index contributed by atoms with van der Waals surface area (Å²) in [6.07, 6.45) is 6.50. The van der Waals surface area contributed by atoms with Gasteiger partial charge in [0.25, 0.3) is 0 Å². The van der Waals surface area contributed by atoms with Gasteiger partial charge in [-0.1, -0.05) is 37.3 Å². The molecule has 2 aliphatic heterocycles. The molecule has 0 saturated carbocycles. The first-order valence-corrected chi connectivity index (χ1v) is 11.5. The number of rotatable bonds is 5. The molecule has 176 valence electrons. The molecule has 3 heterocycles. The zero-order valence-corrected chi connectivity index (χ0v) is 21.8. The smallest absolute Gasteiger partial charge is 0.193 e. The average Bonchev–Trinajstić information content (AvgIpc) is 3.25. The van der Waals surface area contributed by atoms with Gasteiger partial charge in [-0.15, -0.1) is 24.0 Å². The molecule has 1 aromatic heterocycles.